The molecule has 0 unspecified atom stereocenters. The Morgan fingerprint density at radius 3 is 2.82 bits per heavy atom. The maximum atomic E-state index is 10.9. The van der Waals surface area contributed by atoms with Crippen LogP contribution in [0.5, 0.6) is 0 Å². The minimum atomic E-state index is -0.451. The number of aliphatic imine (C=N–C) groups is 1. The lowest BCUT2D eigenvalue weighted by molar-refractivity contribution is -0.415. The molecule has 0 bridgehead atoms. The Morgan fingerprint density at radius 1 is 1.47 bits per heavy atom. The molecular weight excluding hydrogens is 220 g/mol. The minimum Gasteiger partial charge on any atom is -0.363 e. The van der Waals surface area contributed by atoms with E-state index >= 15 is 0 Å². The number of nitrogens with one attached hydrogen (secondary N) is 2. The molecule has 17 heavy (non-hydrogen) atoms. The van der Waals surface area contributed by atoms with Gasteiger partial charge in [-0.15, -0.1) is 0 Å². The first-order chi connectivity index (χ1) is 8.27. The van der Waals surface area contributed by atoms with Crippen LogP contribution in [0.3, 0.4) is 0 Å². The summed E-state index contributed by atoms with van der Waals surface area (Å²) in [5.41, 5.74) is 0.747. The smallest absolute Gasteiger partial charge is 0.326 e. The summed E-state index contributed by atoms with van der Waals surface area (Å²) in [5.74, 6) is 0.332. The molecule has 0 saturated carbocycles. The van der Waals surface area contributed by atoms with E-state index in [2.05, 4.69) is 15.6 Å². The fourth-order valence-corrected chi connectivity index (χ4v) is 1.46. The van der Waals surface area contributed by atoms with Crippen LogP contribution in [0.1, 0.15) is 0 Å². The number of amidine groups is 1. The van der Waals surface area contributed by atoms with Gasteiger partial charge in [-0.3, -0.25) is 15.1 Å². The molecular formula is C11H12N4O2. The Kier molecular flexibility index (Phi) is 3.34. The van der Waals surface area contributed by atoms with Crippen LogP contribution >= 0.6 is 0 Å². The summed E-state index contributed by atoms with van der Waals surface area (Å²) in [6, 6.07) is 9.25. The highest BCUT2D eigenvalue weighted by molar-refractivity contribution is 5.97. The average molecular weight is 232 g/mol. The van der Waals surface area contributed by atoms with Crippen LogP contribution in [0, 0.1) is 10.1 Å². The van der Waals surface area contributed by atoms with Gasteiger partial charge >= 0.3 is 5.70 Å². The van der Waals surface area contributed by atoms with E-state index in [1.165, 1.54) is 6.20 Å². The lowest BCUT2D eigenvalue weighted by Gasteiger charge is -2.02. The van der Waals surface area contributed by atoms with Crippen molar-refractivity contribution in [2.45, 2.75) is 0 Å². The number of hydrogen-bond acceptors (Lipinski definition) is 5. The summed E-state index contributed by atoms with van der Waals surface area (Å²) in [6.45, 7) is 1.22. The second-order valence-corrected chi connectivity index (χ2v) is 3.45. The number of hydrogen-bond donors (Lipinski definition) is 2. The van der Waals surface area contributed by atoms with Crippen molar-refractivity contribution in [2.24, 2.45) is 4.99 Å². The molecule has 1 aliphatic rings. The highest BCUT2D eigenvalue weighted by Gasteiger charge is 2.21. The fourth-order valence-electron chi connectivity index (χ4n) is 1.46. The zero-order valence-corrected chi connectivity index (χ0v) is 9.09. The van der Waals surface area contributed by atoms with Crippen LogP contribution in [0.25, 0.3) is 0 Å². The average Bonchev–Trinajstić information content (AvgIpc) is 2.84. The van der Waals surface area contributed by atoms with E-state index in [9.17, 15) is 10.1 Å². The van der Waals surface area contributed by atoms with Crippen molar-refractivity contribution in [1.82, 2.24) is 5.32 Å². The Morgan fingerprint density at radius 2 is 2.24 bits per heavy atom. The van der Waals surface area contributed by atoms with E-state index < -0.39 is 4.92 Å². The predicted molar refractivity (Wildman–Crippen MR) is 65.4 cm³/mol. The molecule has 0 atom stereocenters. The zero-order valence-electron chi connectivity index (χ0n) is 9.09. The van der Waals surface area contributed by atoms with Crippen LogP contribution in [-0.4, -0.2) is 23.8 Å². The van der Waals surface area contributed by atoms with E-state index in [4.69, 9.17) is 0 Å². The molecule has 1 aromatic rings. The topological polar surface area (TPSA) is 79.6 Å². The molecule has 6 heteroatoms. The second kappa shape index (κ2) is 5.11. The zero-order chi connectivity index (χ0) is 12.1. The molecule has 0 radical (unpaired) electrons. The monoisotopic (exact) mass is 232 g/mol. The summed E-state index contributed by atoms with van der Waals surface area (Å²) < 4.78 is 0. The number of nitrogens with zero attached hydrogens (tertiary/aromatic N) is 2. The van der Waals surface area contributed by atoms with E-state index in [0.717, 1.165) is 5.69 Å². The van der Waals surface area contributed by atoms with Gasteiger partial charge in [0.1, 0.15) is 0 Å². The Labute approximate surface area is 98.2 Å². The summed E-state index contributed by atoms with van der Waals surface area (Å²) in [5, 5.41) is 16.6. The number of nitro groups is 1. The van der Waals surface area contributed by atoms with E-state index in [1.54, 1.807) is 0 Å². The molecule has 1 heterocycles. The van der Waals surface area contributed by atoms with Crippen LogP contribution in [0.4, 0.5) is 5.69 Å². The van der Waals surface area contributed by atoms with Gasteiger partial charge in [-0.1, -0.05) is 18.2 Å². The molecule has 1 aliphatic heterocycles. The van der Waals surface area contributed by atoms with Crippen LogP contribution in [-0.2, 0) is 0 Å². The molecule has 88 valence electrons. The van der Waals surface area contributed by atoms with Gasteiger partial charge in [0, 0.05) is 12.2 Å². The lowest BCUT2D eigenvalue weighted by Crippen LogP contribution is -2.25. The van der Waals surface area contributed by atoms with Crippen molar-refractivity contribution in [3.63, 3.8) is 0 Å². The van der Waals surface area contributed by atoms with Crippen LogP contribution < -0.4 is 10.6 Å². The van der Waals surface area contributed by atoms with Crippen molar-refractivity contribution in [2.75, 3.05) is 18.4 Å². The minimum absolute atomic E-state index is 0.0497. The SMILES string of the molecule is O=[N+]([O-])/C(=C\Nc1ccccc1)C1=NCCN1. The van der Waals surface area contributed by atoms with Gasteiger partial charge in [0.25, 0.3) is 0 Å². The summed E-state index contributed by atoms with van der Waals surface area (Å²) in [7, 11) is 0. The first-order valence-electron chi connectivity index (χ1n) is 5.22. The second-order valence-electron chi connectivity index (χ2n) is 3.45. The molecule has 6 nitrogen and oxygen atoms in total. The van der Waals surface area contributed by atoms with Gasteiger partial charge in [0.15, 0.2) is 0 Å². The maximum Gasteiger partial charge on any atom is 0.326 e. The van der Waals surface area contributed by atoms with Gasteiger partial charge in [0.05, 0.1) is 17.7 Å². The molecule has 1 aromatic carbocycles. The number of anilines is 1. The van der Waals surface area contributed by atoms with Gasteiger partial charge < -0.3 is 10.6 Å². The summed E-state index contributed by atoms with van der Waals surface area (Å²) >= 11 is 0. The Bertz CT molecular complexity index is 468. The van der Waals surface area contributed by atoms with E-state index in [-0.39, 0.29) is 5.70 Å². The van der Waals surface area contributed by atoms with Crippen molar-refractivity contribution in [3.05, 3.63) is 52.3 Å². The van der Waals surface area contributed by atoms with Crippen molar-refractivity contribution in [1.29, 1.82) is 0 Å². The lowest BCUT2D eigenvalue weighted by atomic mass is 10.3. The normalized spacial score (nSPS) is 15.1. The molecule has 0 aromatic heterocycles. The number of benzene rings is 1. The third-order valence-electron chi connectivity index (χ3n) is 2.26. The highest BCUT2D eigenvalue weighted by atomic mass is 16.6. The fraction of sp³-hybridized carbons (Fsp3) is 0.182. The molecule has 0 amide bonds. The van der Waals surface area contributed by atoms with Crippen molar-refractivity contribution in [3.8, 4) is 0 Å². The molecule has 2 N–H and O–H groups in total. The Hall–Kier alpha value is -2.37. The van der Waals surface area contributed by atoms with Crippen LogP contribution in [0.2, 0.25) is 0 Å². The first-order valence-corrected chi connectivity index (χ1v) is 5.22. The Balaban J connectivity index is 2.14. The number of rotatable bonds is 4. The van der Waals surface area contributed by atoms with Gasteiger partial charge in [-0.25, -0.2) is 0 Å². The molecule has 0 aliphatic carbocycles. The van der Waals surface area contributed by atoms with Gasteiger partial charge in [-0.2, -0.15) is 0 Å². The van der Waals surface area contributed by atoms with Crippen molar-refractivity contribution >= 4 is 11.5 Å². The predicted octanol–water partition coefficient (Wildman–Crippen LogP) is 1.22. The van der Waals surface area contributed by atoms with Crippen molar-refractivity contribution < 1.29 is 4.92 Å². The van der Waals surface area contributed by atoms with E-state index in [0.29, 0.717) is 18.9 Å². The molecule has 0 spiro atoms. The maximum absolute atomic E-state index is 10.9. The van der Waals surface area contributed by atoms with E-state index in [1.807, 2.05) is 30.3 Å². The largest absolute Gasteiger partial charge is 0.363 e. The third-order valence-corrected chi connectivity index (χ3v) is 2.26. The van der Waals surface area contributed by atoms with Gasteiger partial charge in [0.2, 0.25) is 5.84 Å². The summed E-state index contributed by atoms with van der Waals surface area (Å²) in [4.78, 5) is 14.5. The molecule has 0 fully saturated rings. The number of para-hydroxylation sites is 1. The third kappa shape index (κ3) is 2.81. The highest BCUT2D eigenvalue weighted by Crippen LogP contribution is 2.07. The van der Waals surface area contributed by atoms with Gasteiger partial charge in [-0.05, 0) is 12.1 Å². The first kappa shape index (κ1) is 11.1. The molecule has 0 saturated heterocycles. The quantitative estimate of drug-likeness (QED) is 0.604. The summed E-state index contributed by atoms with van der Waals surface area (Å²) in [6.07, 6.45) is 1.35. The van der Waals surface area contributed by atoms with Crippen LogP contribution in [0.15, 0.2) is 47.2 Å². The molecule has 2 rings (SSSR count). The standard InChI is InChI=1S/C11H12N4O2/c16-15(17)10(11-12-6-7-13-11)8-14-9-4-2-1-3-5-9/h1-5,8,14H,6-7H2,(H,12,13)/b10-8-.